The third-order valence-corrected chi connectivity index (χ3v) is 4.39. The molecule has 1 aromatic carbocycles. The Balaban J connectivity index is 1.66. The summed E-state index contributed by atoms with van der Waals surface area (Å²) in [6.45, 7) is 6.62. The van der Waals surface area contributed by atoms with Crippen LogP contribution in [0, 0.1) is 19.8 Å². The molecule has 0 spiro atoms. The molecule has 106 valence electrons. The van der Waals surface area contributed by atoms with E-state index in [1.165, 1.54) is 42.4 Å². The predicted molar refractivity (Wildman–Crippen MR) is 82.4 cm³/mol. The van der Waals surface area contributed by atoms with Crippen LogP contribution >= 0.6 is 0 Å². The van der Waals surface area contributed by atoms with Gasteiger partial charge in [0.15, 0.2) is 0 Å². The van der Waals surface area contributed by atoms with Crippen LogP contribution in [0.1, 0.15) is 42.4 Å². The summed E-state index contributed by atoms with van der Waals surface area (Å²) in [5.41, 5.74) is 10.2. The lowest BCUT2D eigenvalue weighted by Gasteiger charge is -2.26. The maximum atomic E-state index is 5.94. The molecule has 0 aromatic heterocycles. The molecule has 1 aromatic rings. The van der Waals surface area contributed by atoms with Crippen LogP contribution in [0.4, 0.5) is 0 Å². The molecule has 2 rings (SSSR count). The molecule has 0 aliphatic heterocycles. The van der Waals surface area contributed by atoms with Gasteiger partial charge in [-0.15, -0.1) is 0 Å². The van der Waals surface area contributed by atoms with E-state index < -0.39 is 0 Å². The van der Waals surface area contributed by atoms with Crippen LogP contribution in [0.2, 0.25) is 0 Å². The molecule has 0 atom stereocenters. The highest BCUT2D eigenvalue weighted by Crippen LogP contribution is 2.22. The van der Waals surface area contributed by atoms with Crippen LogP contribution < -0.4 is 11.1 Å². The van der Waals surface area contributed by atoms with Gasteiger partial charge < -0.3 is 11.1 Å². The summed E-state index contributed by atoms with van der Waals surface area (Å²) < 4.78 is 0. The van der Waals surface area contributed by atoms with Crippen molar-refractivity contribution in [1.82, 2.24) is 5.32 Å². The molecule has 0 unspecified atom stereocenters. The largest absolute Gasteiger partial charge is 0.328 e. The number of nitrogens with one attached hydrogen (secondary N) is 1. The Morgan fingerprint density at radius 1 is 1.16 bits per heavy atom. The van der Waals surface area contributed by atoms with Crippen LogP contribution in [0.15, 0.2) is 18.2 Å². The van der Waals surface area contributed by atoms with Gasteiger partial charge in [0.1, 0.15) is 0 Å². The van der Waals surface area contributed by atoms with E-state index in [2.05, 4.69) is 37.4 Å². The lowest BCUT2D eigenvalue weighted by Crippen LogP contribution is -2.32. The molecule has 1 aliphatic rings. The van der Waals surface area contributed by atoms with Crippen molar-refractivity contribution in [3.05, 3.63) is 34.9 Å². The van der Waals surface area contributed by atoms with Gasteiger partial charge in [-0.3, -0.25) is 0 Å². The second-order valence-corrected chi connectivity index (χ2v) is 6.16. The quantitative estimate of drug-likeness (QED) is 0.799. The molecule has 2 nitrogen and oxygen atoms in total. The fourth-order valence-electron chi connectivity index (χ4n) is 3.05. The molecule has 1 fully saturated rings. The van der Waals surface area contributed by atoms with E-state index in [4.69, 9.17) is 5.73 Å². The molecular weight excluding hydrogens is 232 g/mol. The van der Waals surface area contributed by atoms with Crippen molar-refractivity contribution in [1.29, 1.82) is 0 Å². The van der Waals surface area contributed by atoms with Crippen molar-refractivity contribution in [3.8, 4) is 0 Å². The Kier molecular flexibility index (Phi) is 5.41. The summed E-state index contributed by atoms with van der Waals surface area (Å²) in [5, 5.41) is 3.62. The van der Waals surface area contributed by atoms with Gasteiger partial charge in [-0.25, -0.2) is 0 Å². The summed E-state index contributed by atoms with van der Waals surface area (Å²) in [7, 11) is 0. The van der Waals surface area contributed by atoms with Gasteiger partial charge in [0, 0.05) is 6.04 Å². The van der Waals surface area contributed by atoms with Gasteiger partial charge in [0.2, 0.25) is 0 Å². The summed E-state index contributed by atoms with van der Waals surface area (Å²) in [6.07, 6.45) is 6.17. The minimum absolute atomic E-state index is 0.464. The summed E-state index contributed by atoms with van der Waals surface area (Å²) in [4.78, 5) is 0. The van der Waals surface area contributed by atoms with E-state index in [0.717, 1.165) is 25.4 Å². The van der Waals surface area contributed by atoms with Crippen molar-refractivity contribution in [3.63, 3.8) is 0 Å². The molecule has 1 aliphatic carbocycles. The maximum Gasteiger partial charge on any atom is 0.00390 e. The van der Waals surface area contributed by atoms with Gasteiger partial charge in [-0.2, -0.15) is 0 Å². The molecule has 19 heavy (non-hydrogen) atoms. The minimum Gasteiger partial charge on any atom is -0.328 e. The van der Waals surface area contributed by atoms with Crippen molar-refractivity contribution >= 4 is 0 Å². The lowest BCUT2D eigenvalue weighted by atomic mass is 9.86. The van der Waals surface area contributed by atoms with E-state index in [9.17, 15) is 0 Å². The molecule has 0 heterocycles. The fourth-order valence-corrected chi connectivity index (χ4v) is 3.05. The first-order chi connectivity index (χ1) is 9.15. The Labute approximate surface area is 117 Å². The van der Waals surface area contributed by atoms with Crippen molar-refractivity contribution in [2.24, 2.45) is 11.7 Å². The van der Waals surface area contributed by atoms with Crippen molar-refractivity contribution < 1.29 is 0 Å². The number of hydrogen-bond donors (Lipinski definition) is 2. The van der Waals surface area contributed by atoms with Crippen molar-refractivity contribution in [2.45, 2.75) is 52.0 Å². The molecule has 1 saturated carbocycles. The third kappa shape index (κ3) is 4.63. The molecule has 3 N–H and O–H groups in total. The summed E-state index contributed by atoms with van der Waals surface area (Å²) in [6, 6.07) is 7.22. The number of aryl methyl sites for hydroxylation is 2. The third-order valence-electron chi connectivity index (χ3n) is 4.39. The zero-order valence-corrected chi connectivity index (χ0v) is 12.4. The average molecular weight is 260 g/mol. The Bertz CT molecular complexity index is 392. The first-order valence-electron chi connectivity index (χ1n) is 7.67. The second kappa shape index (κ2) is 7.06. The van der Waals surface area contributed by atoms with Crippen LogP contribution in [-0.4, -0.2) is 19.1 Å². The van der Waals surface area contributed by atoms with E-state index >= 15 is 0 Å². The lowest BCUT2D eigenvalue weighted by molar-refractivity contribution is 0.315. The second-order valence-electron chi connectivity index (χ2n) is 6.16. The van der Waals surface area contributed by atoms with Crippen LogP contribution in [0.3, 0.4) is 0 Å². The van der Waals surface area contributed by atoms with Crippen LogP contribution in [-0.2, 0) is 6.42 Å². The monoisotopic (exact) mass is 260 g/mol. The zero-order chi connectivity index (χ0) is 13.7. The van der Waals surface area contributed by atoms with Crippen LogP contribution in [0.25, 0.3) is 0 Å². The Hall–Kier alpha value is -0.860. The summed E-state index contributed by atoms with van der Waals surface area (Å²) in [5.74, 6) is 0.846. The zero-order valence-electron chi connectivity index (χ0n) is 12.4. The molecule has 0 saturated heterocycles. The van der Waals surface area contributed by atoms with E-state index in [-0.39, 0.29) is 0 Å². The molecule has 2 heteroatoms. The molecule has 0 radical (unpaired) electrons. The predicted octanol–water partition coefficient (Wildman–Crippen LogP) is 2.95. The molecule has 0 amide bonds. The topological polar surface area (TPSA) is 38.0 Å². The standard InChI is InChI=1S/C17H28N2/c1-13-3-6-16(14(2)11-13)9-10-19-12-15-4-7-17(18)8-5-15/h3,6,11,15,17,19H,4-5,7-10,12,18H2,1-2H3. The van der Waals surface area contributed by atoms with Gasteiger partial charge in [-0.1, -0.05) is 23.8 Å². The van der Waals surface area contributed by atoms with E-state index in [0.29, 0.717) is 6.04 Å². The van der Waals surface area contributed by atoms with Crippen molar-refractivity contribution in [2.75, 3.05) is 13.1 Å². The molecule has 0 bridgehead atoms. The summed E-state index contributed by atoms with van der Waals surface area (Å²) >= 11 is 0. The average Bonchev–Trinajstić information content (AvgIpc) is 2.39. The smallest absolute Gasteiger partial charge is 0.00390 e. The highest BCUT2D eigenvalue weighted by Gasteiger charge is 2.17. The van der Waals surface area contributed by atoms with E-state index in [1.54, 1.807) is 0 Å². The van der Waals surface area contributed by atoms with Gasteiger partial charge in [-0.05, 0) is 76.1 Å². The fraction of sp³-hybridized carbons (Fsp3) is 0.647. The number of nitrogens with two attached hydrogens (primary N) is 1. The maximum absolute atomic E-state index is 5.94. The number of benzene rings is 1. The minimum atomic E-state index is 0.464. The first kappa shape index (κ1) is 14.5. The van der Waals surface area contributed by atoms with Gasteiger partial charge in [0.25, 0.3) is 0 Å². The highest BCUT2D eigenvalue weighted by molar-refractivity contribution is 5.30. The van der Waals surface area contributed by atoms with Crippen LogP contribution in [0.5, 0.6) is 0 Å². The normalized spacial score (nSPS) is 23.5. The number of rotatable bonds is 5. The van der Waals surface area contributed by atoms with E-state index in [1.807, 2.05) is 0 Å². The highest BCUT2D eigenvalue weighted by atomic mass is 14.9. The Morgan fingerprint density at radius 2 is 1.89 bits per heavy atom. The SMILES string of the molecule is Cc1ccc(CCNCC2CCC(N)CC2)c(C)c1. The van der Waals surface area contributed by atoms with Gasteiger partial charge >= 0.3 is 0 Å². The molecular formula is C17H28N2. The Morgan fingerprint density at radius 3 is 2.58 bits per heavy atom. The first-order valence-corrected chi connectivity index (χ1v) is 7.67. The van der Waals surface area contributed by atoms with Gasteiger partial charge in [0.05, 0.1) is 0 Å². The number of hydrogen-bond acceptors (Lipinski definition) is 2.